The highest BCUT2D eigenvalue weighted by molar-refractivity contribution is 7.90. The number of halogens is 2. The summed E-state index contributed by atoms with van der Waals surface area (Å²) in [6.07, 6.45) is 2.40. The maximum absolute atomic E-state index is 14.1. The van der Waals surface area contributed by atoms with Gasteiger partial charge in [0.05, 0.1) is 23.0 Å². The Morgan fingerprint density at radius 1 is 1.43 bits per heavy atom. The van der Waals surface area contributed by atoms with Crippen molar-refractivity contribution in [3.05, 3.63) is 52.9 Å². The normalized spacial score (nSPS) is 18.8. The molecule has 0 fully saturated rings. The number of urea groups is 1. The van der Waals surface area contributed by atoms with Crippen LogP contribution in [0.1, 0.15) is 32.1 Å². The minimum absolute atomic E-state index is 0. The van der Waals surface area contributed by atoms with Gasteiger partial charge in [0, 0.05) is 9.05 Å². The van der Waals surface area contributed by atoms with Gasteiger partial charge in [-0.1, -0.05) is 0 Å². The summed E-state index contributed by atoms with van der Waals surface area (Å²) < 4.78 is 53.1. The van der Waals surface area contributed by atoms with Crippen molar-refractivity contribution < 1.29 is 29.6 Å². The third-order valence-corrected chi connectivity index (χ3v) is 6.64. The second kappa shape index (κ2) is 7.03. The molecule has 0 saturated heterocycles. The predicted molar refractivity (Wildman–Crippen MR) is 102 cm³/mol. The Kier molecular flexibility index (Phi) is 4.62. The maximum Gasteiger partial charge on any atom is 0.336 e. The third-order valence-electron chi connectivity index (χ3n) is 4.85. The van der Waals surface area contributed by atoms with E-state index in [1.807, 2.05) is 6.07 Å². The molecule has 2 heterocycles. The SMILES string of the molecule is N#Cc1cnc2c(c1)CC[C@H]2NC(=O)CN1C(=O)Nc2ccc(F)c(F)c2S1(=O)=O.[HH].[HH]. The number of nitriles is 1. The first kappa shape index (κ1) is 19.7. The molecule has 3 amide bonds. The molecule has 0 saturated carbocycles. The van der Waals surface area contributed by atoms with Crippen LogP contribution in [0.15, 0.2) is 29.3 Å². The number of aromatic nitrogens is 1. The van der Waals surface area contributed by atoms with Crippen LogP contribution in [0.2, 0.25) is 0 Å². The van der Waals surface area contributed by atoms with Gasteiger partial charge in [0.15, 0.2) is 11.6 Å². The van der Waals surface area contributed by atoms with Crippen molar-refractivity contribution in [3.63, 3.8) is 0 Å². The first-order chi connectivity index (χ1) is 14.2. The van der Waals surface area contributed by atoms with Crippen molar-refractivity contribution in [1.82, 2.24) is 14.6 Å². The van der Waals surface area contributed by atoms with Gasteiger partial charge >= 0.3 is 6.03 Å². The summed E-state index contributed by atoms with van der Waals surface area (Å²) >= 11 is 0. The van der Waals surface area contributed by atoms with Gasteiger partial charge in [0.25, 0.3) is 10.0 Å². The number of carbonyl (C=O) groups is 2. The van der Waals surface area contributed by atoms with Gasteiger partial charge < -0.3 is 10.6 Å². The largest absolute Gasteiger partial charge is 0.346 e. The van der Waals surface area contributed by atoms with Gasteiger partial charge in [-0.05, 0) is 36.6 Å². The van der Waals surface area contributed by atoms with E-state index in [2.05, 4.69) is 15.6 Å². The number of hydrogen-bond acceptors (Lipinski definition) is 6. The first-order valence-corrected chi connectivity index (χ1v) is 10.2. The Labute approximate surface area is 172 Å². The molecule has 1 aromatic heterocycles. The maximum atomic E-state index is 14.1. The molecule has 30 heavy (non-hydrogen) atoms. The molecule has 1 atom stereocenters. The smallest absolute Gasteiger partial charge is 0.336 e. The summed E-state index contributed by atoms with van der Waals surface area (Å²) in [5, 5.41) is 13.7. The summed E-state index contributed by atoms with van der Waals surface area (Å²) in [7, 11) is -4.79. The number of rotatable bonds is 3. The third kappa shape index (κ3) is 3.13. The zero-order valence-corrected chi connectivity index (χ0v) is 16.0. The van der Waals surface area contributed by atoms with E-state index < -0.39 is 56.8 Å². The number of hydrogen-bond donors (Lipinski definition) is 2. The summed E-state index contributed by atoms with van der Waals surface area (Å²) in [5.74, 6) is -3.86. The second-order valence-electron chi connectivity index (χ2n) is 6.72. The number of sulfonamides is 1. The highest BCUT2D eigenvalue weighted by Crippen LogP contribution is 2.34. The van der Waals surface area contributed by atoms with Crippen LogP contribution in [0.25, 0.3) is 0 Å². The lowest BCUT2D eigenvalue weighted by molar-refractivity contribution is -0.121. The fraction of sp³-hybridized carbons (Fsp3) is 0.222. The van der Waals surface area contributed by atoms with Crippen LogP contribution in [0.4, 0.5) is 19.3 Å². The fourth-order valence-corrected chi connectivity index (χ4v) is 4.97. The fourth-order valence-electron chi connectivity index (χ4n) is 3.48. The number of benzene rings is 1. The molecular weight excluding hydrogens is 420 g/mol. The summed E-state index contributed by atoms with van der Waals surface area (Å²) in [5.41, 5.74) is 1.31. The number of nitrogens with zero attached hydrogens (tertiary/aromatic N) is 3. The Morgan fingerprint density at radius 3 is 2.93 bits per heavy atom. The average Bonchev–Trinajstić information content (AvgIpc) is 3.09. The number of fused-ring (bicyclic) bond motifs is 2. The summed E-state index contributed by atoms with van der Waals surface area (Å²) in [4.78, 5) is 27.8. The molecule has 1 aliphatic heterocycles. The van der Waals surface area contributed by atoms with Crippen molar-refractivity contribution in [2.45, 2.75) is 23.8 Å². The number of pyridine rings is 1. The molecule has 158 valence electrons. The van der Waals surface area contributed by atoms with Crippen LogP contribution in [0, 0.1) is 23.0 Å². The molecule has 0 bridgehead atoms. The summed E-state index contributed by atoms with van der Waals surface area (Å²) in [6, 6.07) is 3.56. The molecule has 12 heteroatoms. The van der Waals surface area contributed by atoms with Gasteiger partial charge in [0.2, 0.25) is 5.91 Å². The zero-order valence-electron chi connectivity index (χ0n) is 15.1. The second-order valence-corrected chi connectivity index (χ2v) is 8.52. The minimum atomic E-state index is -4.79. The van der Waals surface area contributed by atoms with Crippen LogP contribution in [-0.2, 0) is 21.2 Å². The van der Waals surface area contributed by atoms with Gasteiger partial charge in [-0.25, -0.2) is 26.3 Å². The Hall–Kier alpha value is -3.59. The molecule has 1 aromatic carbocycles. The lowest BCUT2D eigenvalue weighted by atomic mass is 10.1. The molecule has 2 aromatic rings. The van der Waals surface area contributed by atoms with E-state index in [4.69, 9.17) is 5.26 Å². The molecule has 0 unspecified atom stereocenters. The van der Waals surface area contributed by atoms with Crippen LogP contribution < -0.4 is 10.6 Å². The zero-order chi connectivity index (χ0) is 21.6. The highest BCUT2D eigenvalue weighted by atomic mass is 32.2. The lowest BCUT2D eigenvalue weighted by Gasteiger charge is -2.28. The van der Waals surface area contributed by atoms with Gasteiger partial charge in [-0.15, -0.1) is 0 Å². The lowest BCUT2D eigenvalue weighted by Crippen LogP contribution is -2.49. The monoisotopic (exact) mass is 437 g/mol. The van der Waals surface area contributed by atoms with Gasteiger partial charge in [-0.2, -0.15) is 5.26 Å². The molecule has 2 aliphatic rings. The Bertz CT molecular complexity index is 1250. The standard InChI is InChI=1S/C18H13F2N5O4S.2H2/c19-11-2-4-13-17(15(11)20)30(28,29)25(18(27)24-13)8-14(26)23-12-3-1-10-5-9(6-21)7-22-16(10)12;;/h2,4-5,7,12H,1,3,8H2,(H,23,26)(H,24,27);2*1H/t12-;;/m1../s1. The van der Waals surface area contributed by atoms with E-state index >= 15 is 0 Å². The topological polar surface area (TPSA) is 132 Å². The molecule has 0 radical (unpaired) electrons. The van der Waals surface area contributed by atoms with Crippen LogP contribution in [0.5, 0.6) is 0 Å². The van der Waals surface area contributed by atoms with Gasteiger partial charge in [-0.3, -0.25) is 9.78 Å². The van der Waals surface area contributed by atoms with Crippen molar-refractivity contribution >= 4 is 27.6 Å². The van der Waals surface area contributed by atoms with E-state index in [0.717, 1.165) is 11.6 Å². The minimum Gasteiger partial charge on any atom is -0.346 e. The van der Waals surface area contributed by atoms with E-state index in [1.165, 1.54) is 6.20 Å². The molecular formula is C18H17F2N5O4S. The highest BCUT2D eigenvalue weighted by Gasteiger charge is 2.41. The molecule has 9 nitrogen and oxygen atoms in total. The predicted octanol–water partition coefficient (Wildman–Crippen LogP) is 2.06. The van der Waals surface area contributed by atoms with Crippen molar-refractivity contribution in [2.75, 3.05) is 11.9 Å². The number of anilines is 1. The molecule has 0 spiro atoms. The first-order valence-electron chi connectivity index (χ1n) is 8.72. The van der Waals surface area contributed by atoms with E-state index in [0.29, 0.717) is 30.2 Å². The van der Waals surface area contributed by atoms with Crippen LogP contribution in [-0.4, -0.2) is 36.2 Å². The molecule has 4 rings (SSSR count). The number of amides is 3. The summed E-state index contributed by atoms with van der Waals surface area (Å²) in [6.45, 7) is -0.925. The molecule has 1 aliphatic carbocycles. The number of carbonyl (C=O) groups excluding carboxylic acids is 2. The Balaban J connectivity index is 0.00000181. The van der Waals surface area contributed by atoms with E-state index in [-0.39, 0.29) is 7.16 Å². The quantitative estimate of drug-likeness (QED) is 0.755. The van der Waals surface area contributed by atoms with Crippen molar-refractivity contribution in [3.8, 4) is 6.07 Å². The van der Waals surface area contributed by atoms with Gasteiger partial charge in [0.1, 0.15) is 17.5 Å². The van der Waals surface area contributed by atoms with Crippen LogP contribution >= 0.6 is 0 Å². The average molecular weight is 437 g/mol. The van der Waals surface area contributed by atoms with Crippen LogP contribution in [0.3, 0.4) is 0 Å². The molecule has 2 N–H and O–H groups in total. The van der Waals surface area contributed by atoms with Crippen molar-refractivity contribution in [2.24, 2.45) is 0 Å². The van der Waals surface area contributed by atoms with E-state index in [1.54, 1.807) is 6.07 Å². The van der Waals surface area contributed by atoms with Crippen molar-refractivity contribution in [1.29, 1.82) is 5.26 Å². The number of aryl methyl sites for hydroxylation is 1. The number of nitrogens with one attached hydrogen (secondary N) is 2. The van der Waals surface area contributed by atoms with E-state index in [9.17, 15) is 26.8 Å². The Morgan fingerprint density at radius 2 is 2.20 bits per heavy atom.